The van der Waals surface area contributed by atoms with E-state index in [-0.39, 0.29) is 22.7 Å². The third-order valence-electron chi connectivity index (χ3n) is 2.12. The lowest BCUT2D eigenvalue weighted by Crippen LogP contribution is -2.57. The number of nitrogens with one attached hydrogen (secondary N) is 1. The summed E-state index contributed by atoms with van der Waals surface area (Å²) in [5.74, 6) is -0.102. The van der Waals surface area contributed by atoms with Crippen molar-refractivity contribution in [2.75, 3.05) is 13.1 Å². The molecule has 2 unspecified atom stereocenters. The maximum atomic E-state index is 11.6. The quantitative estimate of drug-likeness (QED) is 0.671. The first-order chi connectivity index (χ1) is 6.04. The molecule has 13 heavy (non-hydrogen) atoms. The Morgan fingerprint density at radius 2 is 2.38 bits per heavy atom. The van der Waals surface area contributed by atoms with Gasteiger partial charge in [-0.15, -0.1) is 0 Å². The molecule has 1 aliphatic heterocycles. The number of piperazine rings is 1. The van der Waals surface area contributed by atoms with Gasteiger partial charge in [0.15, 0.2) is 0 Å². The Balaban J connectivity index is 2.68. The molecule has 0 aromatic rings. The van der Waals surface area contributed by atoms with E-state index >= 15 is 0 Å². The molecule has 0 saturated carbocycles. The summed E-state index contributed by atoms with van der Waals surface area (Å²) in [4.78, 5) is 24.1. The highest BCUT2D eigenvalue weighted by Gasteiger charge is 2.30. The normalized spacial score (nSPS) is 25.3. The molecule has 1 fully saturated rings. The number of alkyl halides is 1. The number of rotatable bonds is 1. The van der Waals surface area contributed by atoms with Crippen LogP contribution in [0.1, 0.15) is 13.8 Å². The number of hydrogen-bond donors (Lipinski definition) is 1. The average Bonchev–Trinajstić information content (AvgIpc) is 2.08. The molecule has 1 aliphatic rings. The molecule has 4 nitrogen and oxygen atoms in total. The molecular weight excluding hydrogens is 236 g/mol. The summed E-state index contributed by atoms with van der Waals surface area (Å²) in [7, 11) is 0. The Labute approximate surface area is 85.8 Å². The van der Waals surface area contributed by atoms with Crippen molar-refractivity contribution in [1.29, 1.82) is 0 Å². The Bertz CT molecular complexity index is 230. The van der Waals surface area contributed by atoms with Gasteiger partial charge in [-0.05, 0) is 13.8 Å². The van der Waals surface area contributed by atoms with E-state index in [1.807, 2.05) is 0 Å². The van der Waals surface area contributed by atoms with Gasteiger partial charge in [-0.25, -0.2) is 0 Å². The van der Waals surface area contributed by atoms with Gasteiger partial charge >= 0.3 is 0 Å². The van der Waals surface area contributed by atoms with E-state index < -0.39 is 0 Å². The van der Waals surface area contributed by atoms with Crippen LogP contribution in [0.2, 0.25) is 0 Å². The smallest absolute Gasteiger partial charge is 0.242 e. The minimum atomic E-state index is -0.346. The van der Waals surface area contributed by atoms with Crippen LogP contribution in [0.4, 0.5) is 0 Å². The van der Waals surface area contributed by atoms with Crippen molar-refractivity contribution >= 4 is 27.7 Å². The summed E-state index contributed by atoms with van der Waals surface area (Å²) < 4.78 is 0. The van der Waals surface area contributed by atoms with Gasteiger partial charge in [-0.3, -0.25) is 9.59 Å². The van der Waals surface area contributed by atoms with Crippen LogP contribution >= 0.6 is 15.9 Å². The zero-order valence-electron chi connectivity index (χ0n) is 7.71. The Morgan fingerprint density at radius 3 is 2.92 bits per heavy atom. The first kappa shape index (κ1) is 10.5. The molecular formula is C8H13BrN2O2. The van der Waals surface area contributed by atoms with E-state index in [2.05, 4.69) is 21.2 Å². The number of halogens is 1. The number of carbonyl (C=O) groups is 2. The zero-order chi connectivity index (χ0) is 10.0. The number of hydrogen-bond acceptors (Lipinski definition) is 2. The summed E-state index contributed by atoms with van der Waals surface area (Å²) >= 11 is 3.20. The fraction of sp³-hybridized carbons (Fsp3) is 0.750. The Kier molecular flexibility index (Phi) is 3.30. The van der Waals surface area contributed by atoms with Crippen LogP contribution in [-0.4, -0.2) is 40.7 Å². The summed E-state index contributed by atoms with van der Waals surface area (Å²) in [6, 6.07) is -0.346. The minimum Gasteiger partial charge on any atom is -0.353 e. The number of carbonyl (C=O) groups excluding carboxylic acids is 2. The molecule has 5 heteroatoms. The third kappa shape index (κ3) is 2.21. The van der Waals surface area contributed by atoms with E-state index in [1.54, 1.807) is 18.7 Å². The highest BCUT2D eigenvalue weighted by Crippen LogP contribution is 2.10. The molecule has 0 aromatic carbocycles. The predicted octanol–water partition coefficient (Wildman–Crippen LogP) is 0.117. The van der Waals surface area contributed by atoms with Crippen LogP contribution in [0.3, 0.4) is 0 Å². The molecule has 1 rings (SSSR count). The molecule has 74 valence electrons. The first-order valence-corrected chi connectivity index (χ1v) is 5.18. The van der Waals surface area contributed by atoms with Crippen molar-refractivity contribution in [1.82, 2.24) is 10.2 Å². The molecule has 0 aliphatic carbocycles. The average molecular weight is 249 g/mol. The van der Waals surface area contributed by atoms with Crippen molar-refractivity contribution in [3.05, 3.63) is 0 Å². The fourth-order valence-electron chi connectivity index (χ4n) is 1.31. The lowest BCUT2D eigenvalue weighted by Gasteiger charge is -2.33. The summed E-state index contributed by atoms with van der Waals surface area (Å²) in [6.07, 6.45) is 0. The number of nitrogens with zero attached hydrogens (tertiary/aromatic N) is 1. The van der Waals surface area contributed by atoms with E-state index in [0.717, 1.165) is 0 Å². The third-order valence-corrected chi connectivity index (χ3v) is 2.51. The molecule has 0 spiro atoms. The predicted molar refractivity (Wildman–Crippen MR) is 52.6 cm³/mol. The summed E-state index contributed by atoms with van der Waals surface area (Å²) in [5.41, 5.74) is 0. The summed E-state index contributed by atoms with van der Waals surface area (Å²) in [5, 5.41) is 2.71. The highest BCUT2D eigenvalue weighted by atomic mass is 79.9. The van der Waals surface area contributed by atoms with Gasteiger partial charge < -0.3 is 10.2 Å². The van der Waals surface area contributed by atoms with Gasteiger partial charge in [0.1, 0.15) is 6.04 Å². The van der Waals surface area contributed by atoms with Crippen molar-refractivity contribution < 1.29 is 9.59 Å². The van der Waals surface area contributed by atoms with Crippen LogP contribution in [-0.2, 0) is 9.59 Å². The SMILES string of the molecule is CC(Br)C(=O)N1CCNC(=O)C1C. The lowest BCUT2D eigenvalue weighted by molar-refractivity contribution is -0.141. The Morgan fingerprint density at radius 1 is 1.77 bits per heavy atom. The molecule has 2 amide bonds. The van der Waals surface area contributed by atoms with Crippen LogP contribution in [0.15, 0.2) is 0 Å². The van der Waals surface area contributed by atoms with E-state index in [1.165, 1.54) is 0 Å². The highest BCUT2D eigenvalue weighted by molar-refractivity contribution is 9.10. The monoisotopic (exact) mass is 248 g/mol. The van der Waals surface area contributed by atoms with Gasteiger partial charge in [0.2, 0.25) is 11.8 Å². The van der Waals surface area contributed by atoms with Gasteiger partial charge in [0.25, 0.3) is 0 Å². The summed E-state index contributed by atoms with van der Waals surface area (Å²) in [6.45, 7) is 4.65. The van der Waals surface area contributed by atoms with Crippen LogP contribution in [0.5, 0.6) is 0 Å². The topological polar surface area (TPSA) is 49.4 Å². The fourth-order valence-corrected chi connectivity index (χ4v) is 1.57. The maximum Gasteiger partial charge on any atom is 0.242 e. The van der Waals surface area contributed by atoms with E-state index in [0.29, 0.717) is 13.1 Å². The number of amides is 2. The largest absolute Gasteiger partial charge is 0.353 e. The second-order valence-electron chi connectivity index (χ2n) is 3.11. The Hall–Kier alpha value is -0.580. The molecule has 0 bridgehead atoms. The van der Waals surface area contributed by atoms with Crippen molar-refractivity contribution in [2.45, 2.75) is 24.7 Å². The van der Waals surface area contributed by atoms with Crippen molar-refractivity contribution in [3.8, 4) is 0 Å². The van der Waals surface area contributed by atoms with E-state index in [4.69, 9.17) is 0 Å². The second kappa shape index (κ2) is 4.09. The molecule has 2 atom stereocenters. The van der Waals surface area contributed by atoms with Crippen molar-refractivity contribution in [2.24, 2.45) is 0 Å². The van der Waals surface area contributed by atoms with E-state index in [9.17, 15) is 9.59 Å². The molecule has 0 aromatic heterocycles. The minimum absolute atomic E-state index is 0.0256. The maximum absolute atomic E-state index is 11.6. The lowest BCUT2D eigenvalue weighted by atomic mass is 10.2. The van der Waals surface area contributed by atoms with Gasteiger partial charge in [0.05, 0.1) is 4.83 Å². The zero-order valence-corrected chi connectivity index (χ0v) is 9.30. The molecule has 1 heterocycles. The van der Waals surface area contributed by atoms with Gasteiger partial charge in [-0.1, -0.05) is 15.9 Å². The van der Waals surface area contributed by atoms with Crippen molar-refractivity contribution in [3.63, 3.8) is 0 Å². The molecule has 0 radical (unpaired) electrons. The van der Waals surface area contributed by atoms with Gasteiger partial charge in [0, 0.05) is 13.1 Å². The molecule has 1 N–H and O–H groups in total. The van der Waals surface area contributed by atoms with Crippen LogP contribution < -0.4 is 5.32 Å². The molecule has 1 saturated heterocycles. The van der Waals surface area contributed by atoms with Crippen LogP contribution in [0.25, 0.3) is 0 Å². The van der Waals surface area contributed by atoms with Gasteiger partial charge in [-0.2, -0.15) is 0 Å². The van der Waals surface area contributed by atoms with Crippen LogP contribution in [0, 0.1) is 0 Å². The standard InChI is InChI=1S/C8H13BrN2O2/c1-5(9)8(13)11-4-3-10-7(12)6(11)2/h5-6H,3-4H2,1-2H3,(H,10,12). The second-order valence-corrected chi connectivity index (χ2v) is 4.49. The first-order valence-electron chi connectivity index (χ1n) is 4.26.